The van der Waals surface area contributed by atoms with E-state index in [1.807, 2.05) is 0 Å². The number of benzene rings is 1. The van der Waals surface area contributed by atoms with Crippen molar-refractivity contribution in [3.63, 3.8) is 0 Å². The molecule has 1 heteroatoms. The van der Waals surface area contributed by atoms with Crippen LogP contribution in [0.3, 0.4) is 0 Å². The van der Waals surface area contributed by atoms with Crippen molar-refractivity contribution >= 4 is 0 Å². The number of hydrogen-bond donors (Lipinski definition) is 1. The topological polar surface area (TPSA) is 12.0 Å². The van der Waals surface area contributed by atoms with Crippen LogP contribution in [0.25, 0.3) is 0 Å². The van der Waals surface area contributed by atoms with Crippen molar-refractivity contribution in [2.45, 2.75) is 51.5 Å². The maximum atomic E-state index is 3.56. The van der Waals surface area contributed by atoms with Crippen LogP contribution in [0, 0.1) is 0 Å². The second-order valence-electron chi connectivity index (χ2n) is 4.86. The van der Waals surface area contributed by atoms with E-state index in [1.165, 1.54) is 49.8 Å². The molecule has 0 amide bonds. The molecule has 0 saturated carbocycles. The molecule has 1 saturated heterocycles. The van der Waals surface area contributed by atoms with E-state index in [4.69, 9.17) is 0 Å². The molecule has 1 fully saturated rings. The van der Waals surface area contributed by atoms with Crippen LogP contribution in [-0.4, -0.2) is 12.6 Å². The molecule has 0 spiro atoms. The van der Waals surface area contributed by atoms with E-state index >= 15 is 0 Å². The minimum Gasteiger partial charge on any atom is -0.314 e. The molecular weight excluding hydrogens is 194 g/mol. The van der Waals surface area contributed by atoms with E-state index in [0.29, 0.717) is 0 Å². The second kappa shape index (κ2) is 6.05. The second-order valence-corrected chi connectivity index (χ2v) is 4.86. The van der Waals surface area contributed by atoms with Gasteiger partial charge in [-0.15, -0.1) is 0 Å². The Morgan fingerprint density at radius 3 is 2.56 bits per heavy atom. The van der Waals surface area contributed by atoms with Gasteiger partial charge in [-0.2, -0.15) is 0 Å². The third-order valence-corrected chi connectivity index (χ3v) is 3.61. The number of nitrogens with one attached hydrogen (secondary N) is 1. The smallest absolute Gasteiger partial charge is 0.00676 e. The Bertz CT molecular complexity index is 296. The van der Waals surface area contributed by atoms with Crippen LogP contribution >= 0.6 is 0 Å². The molecule has 1 N–H and O–H groups in total. The zero-order valence-electron chi connectivity index (χ0n) is 10.3. The van der Waals surface area contributed by atoms with E-state index in [1.54, 1.807) is 0 Å². The Morgan fingerprint density at radius 1 is 1.19 bits per heavy atom. The van der Waals surface area contributed by atoms with Crippen molar-refractivity contribution in [1.29, 1.82) is 0 Å². The number of hydrogen-bond acceptors (Lipinski definition) is 1. The lowest BCUT2D eigenvalue weighted by Gasteiger charge is -2.09. The van der Waals surface area contributed by atoms with Crippen LogP contribution in [0.1, 0.15) is 43.7 Å². The lowest BCUT2D eigenvalue weighted by atomic mass is 10.0. The van der Waals surface area contributed by atoms with Gasteiger partial charge in [0.15, 0.2) is 0 Å². The van der Waals surface area contributed by atoms with Gasteiger partial charge < -0.3 is 5.32 Å². The molecule has 1 aliphatic heterocycles. The van der Waals surface area contributed by atoms with Gasteiger partial charge in [-0.1, -0.05) is 31.2 Å². The normalized spacial score (nSPS) is 20.2. The molecule has 0 radical (unpaired) electrons. The van der Waals surface area contributed by atoms with Crippen LogP contribution < -0.4 is 5.32 Å². The molecule has 0 aliphatic carbocycles. The van der Waals surface area contributed by atoms with Gasteiger partial charge >= 0.3 is 0 Å². The Kier molecular flexibility index (Phi) is 4.41. The number of aryl methyl sites for hydroxylation is 2. The van der Waals surface area contributed by atoms with Gasteiger partial charge in [0, 0.05) is 6.04 Å². The highest BCUT2D eigenvalue weighted by molar-refractivity contribution is 5.22. The van der Waals surface area contributed by atoms with E-state index in [0.717, 1.165) is 12.5 Å². The van der Waals surface area contributed by atoms with Gasteiger partial charge in [-0.3, -0.25) is 0 Å². The fraction of sp³-hybridized carbons (Fsp3) is 0.600. The lowest BCUT2D eigenvalue weighted by Crippen LogP contribution is -2.20. The van der Waals surface area contributed by atoms with Gasteiger partial charge in [0.1, 0.15) is 0 Å². The highest BCUT2D eigenvalue weighted by atomic mass is 14.9. The molecule has 16 heavy (non-hydrogen) atoms. The van der Waals surface area contributed by atoms with Gasteiger partial charge in [0.2, 0.25) is 0 Å². The molecule has 1 unspecified atom stereocenters. The summed E-state index contributed by atoms with van der Waals surface area (Å²) in [7, 11) is 0. The summed E-state index contributed by atoms with van der Waals surface area (Å²) in [5, 5.41) is 3.56. The van der Waals surface area contributed by atoms with Crippen molar-refractivity contribution < 1.29 is 0 Å². The Labute approximate surface area is 99.3 Å². The van der Waals surface area contributed by atoms with Gasteiger partial charge in [-0.05, 0) is 56.2 Å². The van der Waals surface area contributed by atoms with Gasteiger partial charge in [0.05, 0.1) is 0 Å². The van der Waals surface area contributed by atoms with Gasteiger partial charge in [-0.25, -0.2) is 0 Å². The number of rotatable bonds is 5. The molecule has 1 atom stereocenters. The molecule has 2 rings (SSSR count). The molecule has 1 aromatic rings. The summed E-state index contributed by atoms with van der Waals surface area (Å²) in [6.45, 7) is 3.44. The monoisotopic (exact) mass is 217 g/mol. The predicted molar refractivity (Wildman–Crippen MR) is 69.8 cm³/mol. The minimum atomic E-state index is 0.801. The third-order valence-electron chi connectivity index (χ3n) is 3.61. The molecule has 88 valence electrons. The Hall–Kier alpha value is -0.820. The van der Waals surface area contributed by atoms with Crippen molar-refractivity contribution in [1.82, 2.24) is 5.32 Å². The summed E-state index contributed by atoms with van der Waals surface area (Å²) >= 11 is 0. The van der Waals surface area contributed by atoms with Crippen LogP contribution in [0.15, 0.2) is 24.3 Å². The first-order chi connectivity index (χ1) is 7.88. The van der Waals surface area contributed by atoms with E-state index < -0.39 is 0 Å². The average Bonchev–Trinajstić information content (AvgIpc) is 2.83. The van der Waals surface area contributed by atoms with Crippen molar-refractivity contribution in [2.75, 3.05) is 6.54 Å². The average molecular weight is 217 g/mol. The summed E-state index contributed by atoms with van der Waals surface area (Å²) in [4.78, 5) is 0. The highest BCUT2D eigenvalue weighted by Gasteiger charge is 2.12. The summed E-state index contributed by atoms with van der Waals surface area (Å²) < 4.78 is 0. The summed E-state index contributed by atoms with van der Waals surface area (Å²) in [5.41, 5.74) is 2.94. The minimum absolute atomic E-state index is 0.801. The first-order valence-corrected chi connectivity index (χ1v) is 6.69. The molecule has 1 aliphatic rings. The third kappa shape index (κ3) is 3.34. The molecule has 1 nitrogen and oxygen atoms in total. The Balaban J connectivity index is 1.71. The maximum absolute atomic E-state index is 3.56. The SMILES string of the molecule is CCc1ccc(CCCC2CCCN2)cc1. The Morgan fingerprint density at radius 2 is 1.94 bits per heavy atom. The quantitative estimate of drug-likeness (QED) is 0.797. The van der Waals surface area contributed by atoms with Crippen molar-refractivity contribution in [2.24, 2.45) is 0 Å². The lowest BCUT2D eigenvalue weighted by molar-refractivity contribution is 0.536. The van der Waals surface area contributed by atoms with Crippen molar-refractivity contribution in [3.8, 4) is 0 Å². The summed E-state index contributed by atoms with van der Waals surface area (Å²) in [6.07, 6.45) is 7.80. The van der Waals surface area contributed by atoms with Crippen LogP contribution in [-0.2, 0) is 12.8 Å². The first kappa shape index (κ1) is 11.7. The zero-order chi connectivity index (χ0) is 11.2. The predicted octanol–water partition coefficient (Wildman–Crippen LogP) is 3.32. The first-order valence-electron chi connectivity index (χ1n) is 6.69. The van der Waals surface area contributed by atoms with E-state index in [-0.39, 0.29) is 0 Å². The molecule has 0 aromatic heterocycles. The van der Waals surface area contributed by atoms with Crippen LogP contribution in [0.4, 0.5) is 0 Å². The van der Waals surface area contributed by atoms with Crippen molar-refractivity contribution in [3.05, 3.63) is 35.4 Å². The largest absolute Gasteiger partial charge is 0.314 e. The van der Waals surface area contributed by atoms with E-state index in [9.17, 15) is 0 Å². The molecule has 1 aromatic carbocycles. The fourth-order valence-corrected chi connectivity index (χ4v) is 2.50. The fourth-order valence-electron chi connectivity index (χ4n) is 2.50. The molecule has 0 bridgehead atoms. The van der Waals surface area contributed by atoms with Crippen LogP contribution in [0.5, 0.6) is 0 Å². The maximum Gasteiger partial charge on any atom is 0.00676 e. The van der Waals surface area contributed by atoms with Crippen LogP contribution in [0.2, 0.25) is 0 Å². The van der Waals surface area contributed by atoms with Gasteiger partial charge in [0.25, 0.3) is 0 Å². The highest BCUT2D eigenvalue weighted by Crippen LogP contribution is 2.14. The molecular formula is C15H23N. The summed E-state index contributed by atoms with van der Waals surface area (Å²) in [5.74, 6) is 0. The molecule has 1 heterocycles. The standard InChI is InChI=1S/C15H23N/c1-2-13-8-10-14(11-9-13)5-3-6-15-7-4-12-16-15/h8-11,15-16H,2-7,12H2,1H3. The van der Waals surface area contributed by atoms with E-state index in [2.05, 4.69) is 36.5 Å². The summed E-state index contributed by atoms with van der Waals surface area (Å²) in [6, 6.07) is 9.92. The zero-order valence-corrected chi connectivity index (χ0v) is 10.3.